The number of rotatable bonds is 6. The number of carbonyl (C=O) groups excluding carboxylic acids is 2. The maximum Gasteiger partial charge on any atom is 0.265 e. The molecule has 2 N–H and O–H groups in total. The Kier molecular flexibility index (Phi) is 6.39. The van der Waals surface area contributed by atoms with E-state index in [4.69, 9.17) is 4.74 Å². The fraction of sp³-hybridized carbons (Fsp3) is 0.100. The molecule has 1 aromatic heterocycles. The van der Waals surface area contributed by atoms with E-state index in [0.717, 1.165) is 14.9 Å². The average Bonchev–Trinajstić information content (AvgIpc) is 3.14. The minimum absolute atomic E-state index is 0.00242. The third kappa shape index (κ3) is 5.26. The van der Waals surface area contributed by atoms with Crippen LogP contribution in [0.3, 0.4) is 0 Å². The zero-order valence-electron chi connectivity index (χ0n) is 14.5. The van der Waals surface area contributed by atoms with Crippen LogP contribution in [-0.2, 0) is 9.53 Å². The molecule has 1 heterocycles. The molecule has 138 valence electrons. The van der Waals surface area contributed by atoms with Gasteiger partial charge in [0.1, 0.15) is 6.61 Å². The van der Waals surface area contributed by atoms with Gasteiger partial charge in [0.05, 0.1) is 4.88 Å². The van der Waals surface area contributed by atoms with Crippen molar-refractivity contribution in [2.45, 2.75) is 0 Å². The summed E-state index contributed by atoms with van der Waals surface area (Å²) >= 11 is 4.86. The van der Waals surface area contributed by atoms with E-state index in [1.807, 2.05) is 36.4 Å². The van der Waals surface area contributed by atoms with Crippen molar-refractivity contribution in [1.82, 2.24) is 0 Å². The normalized spacial score (nSPS) is 10.4. The van der Waals surface area contributed by atoms with Gasteiger partial charge in [-0.25, -0.2) is 0 Å². The second-order valence-corrected chi connectivity index (χ2v) is 7.68. The smallest absolute Gasteiger partial charge is 0.265 e. The van der Waals surface area contributed by atoms with E-state index in [0.29, 0.717) is 16.3 Å². The van der Waals surface area contributed by atoms with Gasteiger partial charge >= 0.3 is 0 Å². The van der Waals surface area contributed by atoms with E-state index >= 15 is 0 Å². The molecule has 2 aromatic carbocycles. The van der Waals surface area contributed by atoms with Crippen LogP contribution < -0.4 is 10.6 Å². The monoisotopic (exact) mass is 444 g/mol. The SMILES string of the molecule is COCC(=O)Nc1ccc(NC(=O)c2ccc(-c3ccc(Br)cc3)s2)cc1. The Morgan fingerprint density at radius 1 is 0.926 bits per heavy atom. The van der Waals surface area contributed by atoms with Crippen molar-refractivity contribution in [3.05, 3.63) is 70.0 Å². The van der Waals surface area contributed by atoms with Gasteiger partial charge in [0.15, 0.2) is 0 Å². The van der Waals surface area contributed by atoms with Crippen molar-refractivity contribution in [2.75, 3.05) is 24.4 Å². The highest BCUT2D eigenvalue weighted by Crippen LogP contribution is 2.29. The minimum Gasteiger partial charge on any atom is -0.375 e. The fourth-order valence-corrected chi connectivity index (χ4v) is 3.56. The number of thiophene rings is 1. The van der Waals surface area contributed by atoms with Gasteiger partial charge in [0.25, 0.3) is 5.91 Å². The summed E-state index contributed by atoms with van der Waals surface area (Å²) in [6.45, 7) is -0.00242. The predicted molar refractivity (Wildman–Crippen MR) is 112 cm³/mol. The fourth-order valence-electron chi connectivity index (χ4n) is 2.39. The van der Waals surface area contributed by atoms with Crippen LogP contribution in [0.25, 0.3) is 10.4 Å². The molecular weight excluding hydrogens is 428 g/mol. The van der Waals surface area contributed by atoms with Crippen molar-refractivity contribution in [2.24, 2.45) is 0 Å². The van der Waals surface area contributed by atoms with Crippen LogP contribution in [0.5, 0.6) is 0 Å². The molecule has 7 heteroatoms. The summed E-state index contributed by atoms with van der Waals surface area (Å²) in [6.07, 6.45) is 0. The molecule has 0 radical (unpaired) electrons. The summed E-state index contributed by atoms with van der Waals surface area (Å²) in [5.74, 6) is -0.395. The van der Waals surface area contributed by atoms with Crippen molar-refractivity contribution < 1.29 is 14.3 Å². The third-order valence-electron chi connectivity index (χ3n) is 3.66. The quantitative estimate of drug-likeness (QED) is 0.560. The highest BCUT2D eigenvalue weighted by atomic mass is 79.9. The Balaban J connectivity index is 1.63. The van der Waals surface area contributed by atoms with E-state index in [-0.39, 0.29) is 18.4 Å². The van der Waals surface area contributed by atoms with Gasteiger partial charge in [-0.1, -0.05) is 28.1 Å². The minimum atomic E-state index is -0.228. The van der Waals surface area contributed by atoms with E-state index in [9.17, 15) is 9.59 Å². The lowest BCUT2D eigenvalue weighted by atomic mass is 10.2. The molecule has 0 bridgehead atoms. The number of benzene rings is 2. The summed E-state index contributed by atoms with van der Waals surface area (Å²) in [5.41, 5.74) is 2.37. The molecule has 0 aliphatic heterocycles. The number of hydrogen-bond donors (Lipinski definition) is 2. The highest BCUT2D eigenvalue weighted by Gasteiger charge is 2.11. The van der Waals surface area contributed by atoms with Gasteiger partial charge in [-0.05, 0) is 54.1 Å². The topological polar surface area (TPSA) is 67.4 Å². The molecule has 27 heavy (non-hydrogen) atoms. The first-order chi connectivity index (χ1) is 13.0. The molecule has 0 spiro atoms. The van der Waals surface area contributed by atoms with Gasteiger partial charge in [-0.15, -0.1) is 11.3 Å². The van der Waals surface area contributed by atoms with Crippen LogP contribution in [0.4, 0.5) is 11.4 Å². The van der Waals surface area contributed by atoms with Crippen LogP contribution in [0, 0.1) is 0 Å². The maximum absolute atomic E-state index is 12.5. The lowest BCUT2D eigenvalue weighted by Gasteiger charge is -2.07. The van der Waals surface area contributed by atoms with E-state index < -0.39 is 0 Å². The Bertz CT molecular complexity index is 937. The first kappa shape index (κ1) is 19.3. The highest BCUT2D eigenvalue weighted by molar-refractivity contribution is 9.10. The van der Waals surface area contributed by atoms with Gasteiger partial charge in [0.2, 0.25) is 5.91 Å². The Morgan fingerprint density at radius 2 is 1.56 bits per heavy atom. The van der Waals surface area contributed by atoms with E-state index in [1.165, 1.54) is 18.4 Å². The number of ether oxygens (including phenoxy) is 1. The molecule has 3 rings (SSSR count). The molecule has 0 unspecified atom stereocenters. The standard InChI is InChI=1S/C20H17BrN2O3S/c1-26-12-19(24)22-15-6-8-16(9-7-15)23-20(25)18-11-10-17(27-18)13-2-4-14(21)5-3-13/h2-11H,12H2,1H3,(H,22,24)(H,23,25). The number of anilines is 2. The maximum atomic E-state index is 12.5. The van der Waals surface area contributed by atoms with Crippen LogP contribution in [0.15, 0.2) is 65.1 Å². The predicted octanol–water partition coefficient (Wildman–Crippen LogP) is 5.01. The molecule has 0 saturated heterocycles. The molecule has 0 saturated carbocycles. The molecule has 0 aliphatic carbocycles. The van der Waals surface area contributed by atoms with Crippen LogP contribution >= 0.6 is 27.3 Å². The van der Waals surface area contributed by atoms with Crippen molar-refractivity contribution >= 4 is 50.5 Å². The van der Waals surface area contributed by atoms with Crippen molar-refractivity contribution in [3.8, 4) is 10.4 Å². The number of methoxy groups -OCH3 is 1. The summed E-state index contributed by atoms with van der Waals surface area (Å²) in [5, 5.41) is 5.57. The summed E-state index contributed by atoms with van der Waals surface area (Å²) in [4.78, 5) is 25.6. The lowest BCUT2D eigenvalue weighted by molar-refractivity contribution is -0.119. The molecule has 3 aromatic rings. The zero-order valence-corrected chi connectivity index (χ0v) is 16.9. The molecule has 5 nitrogen and oxygen atoms in total. The summed E-state index contributed by atoms with van der Waals surface area (Å²) in [7, 11) is 1.46. The van der Waals surface area contributed by atoms with Crippen LogP contribution in [0.2, 0.25) is 0 Å². The van der Waals surface area contributed by atoms with Gasteiger partial charge in [-0.2, -0.15) is 0 Å². The van der Waals surface area contributed by atoms with Crippen molar-refractivity contribution in [3.63, 3.8) is 0 Å². The number of amides is 2. The zero-order chi connectivity index (χ0) is 19.2. The van der Waals surface area contributed by atoms with Gasteiger partial charge < -0.3 is 15.4 Å². The second kappa shape index (κ2) is 8.94. The Morgan fingerprint density at radius 3 is 2.19 bits per heavy atom. The Hall–Kier alpha value is -2.48. The molecular formula is C20H17BrN2O3S. The third-order valence-corrected chi connectivity index (χ3v) is 5.32. The lowest BCUT2D eigenvalue weighted by Crippen LogP contribution is -2.17. The van der Waals surface area contributed by atoms with E-state index in [1.54, 1.807) is 24.3 Å². The Labute approximate surface area is 169 Å². The molecule has 0 atom stereocenters. The first-order valence-corrected chi connectivity index (χ1v) is 9.72. The number of hydrogen-bond acceptors (Lipinski definition) is 4. The van der Waals surface area contributed by atoms with Crippen molar-refractivity contribution in [1.29, 1.82) is 0 Å². The average molecular weight is 445 g/mol. The molecule has 0 fully saturated rings. The van der Waals surface area contributed by atoms with Crippen LogP contribution in [-0.4, -0.2) is 25.5 Å². The number of nitrogens with one attached hydrogen (secondary N) is 2. The number of halogens is 1. The second-order valence-electron chi connectivity index (χ2n) is 5.68. The summed E-state index contributed by atoms with van der Waals surface area (Å²) < 4.78 is 5.79. The van der Waals surface area contributed by atoms with Crippen LogP contribution in [0.1, 0.15) is 9.67 Å². The van der Waals surface area contributed by atoms with Gasteiger partial charge in [0, 0.05) is 27.8 Å². The largest absolute Gasteiger partial charge is 0.375 e. The van der Waals surface area contributed by atoms with E-state index in [2.05, 4.69) is 26.6 Å². The molecule has 2 amide bonds. The summed E-state index contributed by atoms with van der Waals surface area (Å²) in [6, 6.07) is 18.7. The number of carbonyl (C=O) groups is 2. The first-order valence-electron chi connectivity index (χ1n) is 8.11. The van der Waals surface area contributed by atoms with Gasteiger partial charge in [-0.3, -0.25) is 9.59 Å². The molecule has 0 aliphatic rings.